The number of nitrogens with zero attached hydrogens (tertiary/aromatic N) is 7. The fourth-order valence-electron chi connectivity index (χ4n) is 2.45. The Morgan fingerprint density at radius 2 is 2.43 bits per heavy atom. The Bertz CT molecular complexity index is 695. The maximum Gasteiger partial charge on any atom is 0.351 e. The van der Waals surface area contributed by atoms with Crippen molar-refractivity contribution in [2.75, 3.05) is 20.7 Å². The summed E-state index contributed by atoms with van der Waals surface area (Å²) in [4.78, 5) is 24.6. The molecule has 0 aliphatic carbocycles. The van der Waals surface area contributed by atoms with E-state index in [1.807, 2.05) is 21.0 Å². The van der Waals surface area contributed by atoms with Crippen LogP contribution in [-0.2, 0) is 4.74 Å². The second-order valence-electron chi connectivity index (χ2n) is 5.67. The predicted octanol–water partition coefficient (Wildman–Crippen LogP) is 1.02. The van der Waals surface area contributed by atoms with Gasteiger partial charge in [-0.25, -0.2) is 9.79 Å². The maximum atomic E-state index is 12.2. The highest BCUT2D eigenvalue weighted by molar-refractivity contribution is 5.58. The van der Waals surface area contributed by atoms with Gasteiger partial charge >= 0.3 is 5.69 Å². The second kappa shape index (κ2) is 6.78. The van der Waals surface area contributed by atoms with Gasteiger partial charge in [0, 0.05) is 31.1 Å². The summed E-state index contributed by atoms with van der Waals surface area (Å²) in [5.41, 5.74) is 6.76. The highest BCUT2D eigenvalue weighted by Gasteiger charge is 2.45. The quantitative estimate of drug-likeness (QED) is 0.284. The van der Waals surface area contributed by atoms with Gasteiger partial charge in [-0.15, -0.1) is 0 Å². The Labute approximate surface area is 132 Å². The van der Waals surface area contributed by atoms with Crippen molar-refractivity contribution in [1.29, 1.82) is 0 Å². The van der Waals surface area contributed by atoms with Gasteiger partial charge in [-0.05, 0) is 18.0 Å². The standard InChI is InChI=1S/C13H19N7O3/c1-9-6-13(7-21,17-18-14)23-11(9)20-5-4-10(16-12(20)22)15-8-19(2)3/h4-5,8-9,11,21H,6-7H2,1-3H3/b15-8+/t9-,11?,13-/m0/s1. The van der Waals surface area contributed by atoms with Crippen molar-refractivity contribution in [3.63, 3.8) is 0 Å². The molecular weight excluding hydrogens is 302 g/mol. The molecule has 1 unspecified atom stereocenters. The van der Waals surface area contributed by atoms with Crippen LogP contribution >= 0.6 is 0 Å². The van der Waals surface area contributed by atoms with E-state index in [1.54, 1.807) is 17.3 Å². The van der Waals surface area contributed by atoms with Gasteiger partial charge in [0.05, 0.1) is 12.9 Å². The molecule has 23 heavy (non-hydrogen) atoms. The van der Waals surface area contributed by atoms with Crippen LogP contribution < -0.4 is 5.69 Å². The Hall–Kier alpha value is -2.42. The van der Waals surface area contributed by atoms with Crippen LogP contribution in [0.5, 0.6) is 0 Å². The van der Waals surface area contributed by atoms with Crippen LogP contribution in [0.15, 0.2) is 27.2 Å². The van der Waals surface area contributed by atoms with E-state index in [2.05, 4.69) is 20.0 Å². The zero-order valence-electron chi connectivity index (χ0n) is 13.2. The smallest absolute Gasteiger partial charge is 0.351 e. The van der Waals surface area contributed by atoms with Crippen LogP contribution in [0.2, 0.25) is 0 Å². The SMILES string of the molecule is C[C@H]1C[C@](CO)(N=[N+]=[N-])OC1n1ccc(/N=C/N(C)C)nc1=O. The molecule has 10 nitrogen and oxygen atoms in total. The molecule has 1 N–H and O–H groups in total. The van der Waals surface area contributed by atoms with Crippen LogP contribution in [0.25, 0.3) is 10.4 Å². The molecule has 0 spiro atoms. The van der Waals surface area contributed by atoms with E-state index < -0.39 is 24.2 Å². The van der Waals surface area contributed by atoms with Crippen molar-refractivity contribution >= 4 is 12.2 Å². The molecule has 1 aromatic rings. The molecule has 124 valence electrons. The predicted molar refractivity (Wildman–Crippen MR) is 83.2 cm³/mol. The van der Waals surface area contributed by atoms with E-state index in [-0.39, 0.29) is 11.7 Å². The van der Waals surface area contributed by atoms with Crippen LogP contribution in [0.3, 0.4) is 0 Å². The normalized spacial score (nSPS) is 27.1. The van der Waals surface area contributed by atoms with Gasteiger partial charge in [-0.2, -0.15) is 4.98 Å². The number of azide groups is 1. The third-order valence-corrected chi connectivity index (χ3v) is 3.45. The molecule has 2 rings (SSSR count). The fourth-order valence-corrected chi connectivity index (χ4v) is 2.45. The zero-order chi connectivity index (χ0) is 17.0. The zero-order valence-corrected chi connectivity index (χ0v) is 13.2. The molecule has 3 atom stereocenters. The molecule has 1 aliphatic heterocycles. The molecule has 1 aliphatic rings. The highest BCUT2D eigenvalue weighted by Crippen LogP contribution is 2.41. The summed E-state index contributed by atoms with van der Waals surface area (Å²) in [6.45, 7) is 1.39. The number of ether oxygens (including phenoxy) is 1. The van der Waals surface area contributed by atoms with Gasteiger partial charge in [0.25, 0.3) is 0 Å². The summed E-state index contributed by atoms with van der Waals surface area (Å²) in [5, 5.41) is 13.0. The van der Waals surface area contributed by atoms with Crippen molar-refractivity contribution in [3.05, 3.63) is 33.2 Å². The van der Waals surface area contributed by atoms with Gasteiger partial charge in [-0.1, -0.05) is 12.0 Å². The Morgan fingerprint density at radius 3 is 3.00 bits per heavy atom. The summed E-state index contributed by atoms with van der Waals surface area (Å²) < 4.78 is 6.97. The van der Waals surface area contributed by atoms with E-state index in [0.29, 0.717) is 6.42 Å². The van der Waals surface area contributed by atoms with E-state index in [0.717, 1.165) is 0 Å². The molecule has 1 aromatic heterocycles. The molecule has 0 amide bonds. The Kier molecular flexibility index (Phi) is 4.99. The third kappa shape index (κ3) is 3.67. The van der Waals surface area contributed by atoms with Crippen LogP contribution in [0.1, 0.15) is 19.6 Å². The van der Waals surface area contributed by atoms with Crippen LogP contribution in [0.4, 0.5) is 5.82 Å². The number of aliphatic imine (C=N–C) groups is 1. The lowest BCUT2D eigenvalue weighted by Crippen LogP contribution is -2.32. The van der Waals surface area contributed by atoms with E-state index in [1.165, 1.54) is 10.8 Å². The van der Waals surface area contributed by atoms with Gasteiger partial charge in [0.15, 0.2) is 11.5 Å². The minimum Gasteiger partial charge on any atom is -0.393 e. The minimum atomic E-state index is -1.35. The van der Waals surface area contributed by atoms with Crippen molar-refractivity contribution in [1.82, 2.24) is 14.5 Å². The second-order valence-corrected chi connectivity index (χ2v) is 5.67. The lowest BCUT2D eigenvalue weighted by atomic mass is 10.0. The molecule has 0 aromatic carbocycles. The minimum absolute atomic E-state index is 0.136. The Morgan fingerprint density at radius 1 is 1.70 bits per heavy atom. The largest absolute Gasteiger partial charge is 0.393 e. The summed E-state index contributed by atoms with van der Waals surface area (Å²) in [6.07, 6.45) is 2.71. The lowest BCUT2D eigenvalue weighted by Gasteiger charge is -2.22. The van der Waals surface area contributed by atoms with Crippen molar-refractivity contribution in [2.45, 2.75) is 25.3 Å². The van der Waals surface area contributed by atoms with Gasteiger partial charge in [0.1, 0.15) is 6.23 Å². The number of hydrogen-bond donors (Lipinski definition) is 1. The van der Waals surface area contributed by atoms with E-state index >= 15 is 0 Å². The average molecular weight is 321 g/mol. The van der Waals surface area contributed by atoms with E-state index in [9.17, 15) is 9.90 Å². The highest BCUT2D eigenvalue weighted by atomic mass is 16.6. The number of hydrogen-bond acceptors (Lipinski definition) is 6. The first-order valence-electron chi connectivity index (χ1n) is 7.05. The fraction of sp³-hybridized carbons (Fsp3) is 0.615. The molecular formula is C13H19N7O3. The van der Waals surface area contributed by atoms with Crippen molar-refractivity contribution in [3.8, 4) is 0 Å². The topological polar surface area (TPSA) is 129 Å². The van der Waals surface area contributed by atoms with E-state index in [4.69, 9.17) is 10.3 Å². The number of aliphatic hydroxyl groups excluding tert-OH is 1. The van der Waals surface area contributed by atoms with Crippen molar-refractivity contribution < 1.29 is 9.84 Å². The summed E-state index contributed by atoms with van der Waals surface area (Å²) in [7, 11) is 3.62. The number of aromatic nitrogens is 2. The molecule has 0 radical (unpaired) electrons. The molecule has 1 saturated heterocycles. The monoisotopic (exact) mass is 321 g/mol. The van der Waals surface area contributed by atoms with Gasteiger partial charge in [0.2, 0.25) is 0 Å². The van der Waals surface area contributed by atoms with Crippen molar-refractivity contribution in [2.24, 2.45) is 16.0 Å². The maximum absolute atomic E-state index is 12.2. The van der Waals surface area contributed by atoms with Gasteiger partial charge in [-0.3, -0.25) is 4.57 Å². The third-order valence-electron chi connectivity index (χ3n) is 3.45. The van der Waals surface area contributed by atoms with Gasteiger partial charge < -0.3 is 14.7 Å². The molecule has 0 bridgehead atoms. The first-order chi connectivity index (χ1) is 10.9. The molecule has 2 heterocycles. The molecule has 0 saturated carbocycles. The molecule has 10 heteroatoms. The molecule has 1 fully saturated rings. The van der Waals surface area contributed by atoms with Crippen LogP contribution in [-0.4, -0.2) is 52.3 Å². The first-order valence-corrected chi connectivity index (χ1v) is 7.05. The van der Waals surface area contributed by atoms with Crippen LogP contribution in [0, 0.1) is 5.92 Å². The average Bonchev–Trinajstić information content (AvgIpc) is 2.83. The number of aliphatic hydroxyl groups is 1. The number of rotatable bonds is 5. The lowest BCUT2D eigenvalue weighted by molar-refractivity contribution is -0.0993. The summed E-state index contributed by atoms with van der Waals surface area (Å²) in [5.74, 6) is 0.150. The summed E-state index contributed by atoms with van der Waals surface area (Å²) in [6, 6.07) is 1.59. The summed E-state index contributed by atoms with van der Waals surface area (Å²) >= 11 is 0. The Balaban J connectivity index is 2.29. The first kappa shape index (κ1) is 16.9.